The van der Waals surface area contributed by atoms with E-state index < -0.39 is 0 Å². The van der Waals surface area contributed by atoms with Gasteiger partial charge in [-0.1, -0.05) is 19.8 Å². The molecule has 2 aromatic heterocycles. The number of nitrogens with zero attached hydrogens (tertiary/aromatic N) is 6. The van der Waals surface area contributed by atoms with Crippen LogP contribution >= 0.6 is 0 Å². The summed E-state index contributed by atoms with van der Waals surface area (Å²) in [6, 6.07) is 4.41. The minimum absolute atomic E-state index is 0.177. The van der Waals surface area contributed by atoms with Crippen LogP contribution in [0.3, 0.4) is 0 Å². The number of amides is 1. The average Bonchev–Trinajstić information content (AvgIpc) is 3.47. The Kier molecular flexibility index (Phi) is 5.11. The van der Waals surface area contributed by atoms with Crippen LogP contribution in [0.2, 0.25) is 0 Å². The highest BCUT2D eigenvalue weighted by molar-refractivity contribution is 5.78. The molecule has 3 fully saturated rings. The van der Waals surface area contributed by atoms with E-state index in [-0.39, 0.29) is 5.91 Å². The summed E-state index contributed by atoms with van der Waals surface area (Å²) in [5.74, 6) is 3.40. The molecule has 3 heterocycles. The molecule has 2 unspecified atom stereocenters. The number of fused-ring (bicyclic) bond motifs is 1. The molecule has 0 radical (unpaired) electrons. The number of anilines is 1. The predicted molar refractivity (Wildman–Crippen MR) is 111 cm³/mol. The van der Waals surface area contributed by atoms with Gasteiger partial charge in [-0.15, -0.1) is 15.3 Å². The molecule has 8 heteroatoms. The van der Waals surface area contributed by atoms with Gasteiger partial charge < -0.3 is 10.2 Å². The maximum atomic E-state index is 12.5. The fourth-order valence-electron chi connectivity index (χ4n) is 4.74. The van der Waals surface area contributed by atoms with Crippen LogP contribution in [0.25, 0.3) is 5.65 Å². The van der Waals surface area contributed by atoms with E-state index in [4.69, 9.17) is 5.10 Å². The molecular weight excluding hydrogens is 366 g/mol. The third-order valence-electron chi connectivity index (χ3n) is 6.58. The molecule has 2 aromatic rings. The molecule has 1 amide bonds. The Morgan fingerprint density at radius 3 is 2.69 bits per heavy atom. The molecule has 0 spiro atoms. The van der Waals surface area contributed by atoms with Crippen molar-refractivity contribution in [1.29, 1.82) is 0 Å². The second-order valence-electron chi connectivity index (χ2n) is 9.09. The summed E-state index contributed by atoms with van der Waals surface area (Å²) >= 11 is 0. The van der Waals surface area contributed by atoms with E-state index in [0.717, 1.165) is 62.2 Å². The van der Waals surface area contributed by atoms with Gasteiger partial charge >= 0.3 is 0 Å². The first-order chi connectivity index (χ1) is 14.2. The molecule has 156 valence electrons. The summed E-state index contributed by atoms with van der Waals surface area (Å²) in [6.45, 7) is 6.32. The molecule has 2 saturated carbocycles. The van der Waals surface area contributed by atoms with Gasteiger partial charge in [0.2, 0.25) is 5.91 Å². The third kappa shape index (κ3) is 4.22. The predicted octanol–water partition coefficient (Wildman–Crippen LogP) is 1.82. The van der Waals surface area contributed by atoms with E-state index in [1.54, 1.807) is 0 Å². The molecule has 0 bridgehead atoms. The van der Waals surface area contributed by atoms with Crippen molar-refractivity contribution in [1.82, 2.24) is 30.0 Å². The van der Waals surface area contributed by atoms with Gasteiger partial charge in [-0.05, 0) is 43.7 Å². The lowest BCUT2D eigenvalue weighted by molar-refractivity contribution is -0.123. The summed E-state index contributed by atoms with van der Waals surface area (Å²) in [5.41, 5.74) is 0.822. The van der Waals surface area contributed by atoms with Crippen molar-refractivity contribution in [3.63, 3.8) is 0 Å². The summed E-state index contributed by atoms with van der Waals surface area (Å²) < 4.78 is 1.91. The van der Waals surface area contributed by atoms with Crippen molar-refractivity contribution >= 4 is 17.4 Å². The highest BCUT2D eigenvalue weighted by atomic mass is 16.2. The summed E-state index contributed by atoms with van der Waals surface area (Å²) in [6.07, 6.45) is 7.16. The minimum atomic E-state index is 0.177. The van der Waals surface area contributed by atoms with Crippen LogP contribution in [0.4, 0.5) is 5.82 Å². The third-order valence-corrected chi connectivity index (χ3v) is 6.58. The number of carbonyl (C=O) groups is 1. The normalized spacial score (nSPS) is 26.0. The molecule has 29 heavy (non-hydrogen) atoms. The van der Waals surface area contributed by atoms with Crippen molar-refractivity contribution in [2.75, 3.05) is 37.6 Å². The Labute approximate surface area is 171 Å². The highest BCUT2D eigenvalue weighted by Crippen LogP contribution is 2.38. The zero-order chi connectivity index (χ0) is 19.8. The highest BCUT2D eigenvalue weighted by Gasteiger charge is 2.30. The number of nitrogens with one attached hydrogen (secondary N) is 1. The Bertz CT molecular complexity index is 869. The minimum Gasteiger partial charge on any atom is -0.353 e. The number of rotatable bonds is 5. The Morgan fingerprint density at radius 2 is 1.93 bits per heavy atom. The molecule has 0 aromatic carbocycles. The largest absolute Gasteiger partial charge is 0.353 e. The van der Waals surface area contributed by atoms with E-state index in [9.17, 15) is 4.79 Å². The van der Waals surface area contributed by atoms with Crippen LogP contribution in [0.1, 0.15) is 57.2 Å². The van der Waals surface area contributed by atoms with Gasteiger partial charge in [0.25, 0.3) is 0 Å². The molecule has 1 aliphatic heterocycles. The first kappa shape index (κ1) is 18.8. The van der Waals surface area contributed by atoms with Crippen molar-refractivity contribution < 1.29 is 4.79 Å². The smallest absolute Gasteiger partial charge is 0.234 e. The first-order valence-electron chi connectivity index (χ1n) is 11.1. The number of piperazine rings is 1. The zero-order valence-corrected chi connectivity index (χ0v) is 17.3. The first-order valence-corrected chi connectivity index (χ1v) is 11.1. The molecule has 1 saturated heterocycles. The fourth-order valence-corrected chi connectivity index (χ4v) is 4.74. The molecule has 3 aliphatic rings. The Hall–Kier alpha value is -2.22. The lowest BCUT2D eigenvalue weighted by atomic mass is 9.87. The van der Waals surface area contributed by atoms with Gasteiger partial charge in [0, 0.05) is 38.1 Å². The number of carbonyl (C=O) groups excluding carboxylic acids is 1. The standard InChI is InChI=1S/C21H31N7O/c1-15-3-2-4-17(13-15)22-20(29)14-26-9-11-27(12-10-26)19-8-7-18-23-24-21(16-5-6-16)28(18)25-19/h7-8,15-17H,2-6,9-14H2,1H3,(H,22,29). The molecule has 8 nitrogen and oxygen atoms in total. The van der Waals surface area contributed by atoms with Crippen LogP contribution < -0.4 is 10.2 Å². The van der Waals surface area contributed by atoms with Gasteiger partial charge in [0.1, 0.15) is 5.82 Å². The van der Waals surface area contributed by atoms with E-state index >= 15 is 0 Å². The molecular formula is C21H31N7O. The van der Waals surface area contributed by atoms with Gasteiger partial charge in [-0.3, -0.25) is 9.69 Å². The molecule has 1 N–H and O–H groups in total. The van der Waals surface area contributed by atoms with Crippen molar-refractivity contribution in [3.8, 4) is 0 Å². The van der Waals surface area contributed by atoms with E-state index in [2.05, 4.69) is 32.2 Å². The SMILES string of the molecule is CC1CCCC(NC(=O)CN2CCN(c3ccc4nnc(C5CC5)n4n3)CC2)C1. The van der Waals surface area contributed by atoms with Crippen LogP contribution in [0.5, 0.6) is 0 Å². The van der Waals surface area contributed by atoms with Crippen molar-refractivity contribution in [2.24, 2.45) is 5.92 Å². The summed E-state index contributed by atoms with van der Waals surface area (Å²) in [5, 5.41) is 16.6. The van der Waals surface area contributed by atoms with E-state index in [1.807, 2.05) is 16.6 Å². The van der Waals surface area contributed by atoms with Gasteiger partial charge in [-0.2, -0.15) is 4.52 Å². The second kappa shape index (κ2) is 7.89. The zero-order valence-electron chi connectivity index (χ0n) is 17.3. The van der Waals surface area contributed by atoms with Crippen LogP contribution in [0.15, 0.2) is 12.1 Å². The van der Waals surface area contributed by atoms with Crippen LogP contribution in [-0.2, 0) is 4.79 Å². The summed E-state index contributed by atoms with van der Waals surface area (Å²) in [7, 11) is 0. The number of aromatic nitrogens is 4. The summed E-state index contributed by atoms with van der Waals surface area (Å²) in [4.78, 5) is 17.0. The van der Waals surface area contributed by atoms with Gasteiger partial charge in [0.05, 0.1) is 6.54 Å². The maximum absolute atomic E-state index is 12.5. The van der Waals surface area contributed by atoms with Crippen LogP contribution in [0, 0.1) is 5.92 Å². The average molecular weight is 398 g/mol. The molecule has 5 rings (SSSR count). The van der Waals surface area contributed by atoms with Gasteiger partial charge in [-0.25, -0.2) is 0 Å². The Morgan fingerprint density at radius 1 is 1.10 bits per heavy atom. The maximum Gasteiger partial charge on any atom is 0.234 e. The topological polar surface area (TPSA) is 78.7 Å². The fraction of sp³-hybridized carbons (Fsp3) is 0.714. The number of hydrogen-bond donors (Lipinski definition) is 1. The lowest BCUT2D eigenvalue weighted by Crippen LogP contribution is -2.51. The monoisotopic (exact) mass is 397 g/mol. The van der Waals surface area contributed by atoms with Crippen LogP contribution in [-0.4, -0.2) is 69.4 Å². The quantitative estimate of drug-likeness (QED) is 0.829. The van der Waals surface area contributed by atoms with Gasteiger partial charge in [0.15, 0.2) is 11.5 Å². The molecule has 2 aliphatic carbocycles. The molecule has 2 atom stereocenters. The second-order valence-corrected chi connectivity index (χ2v) is 9.09. The lowest BCUT2D eigenvalue weighted by Gasteiger charge is -2.35. The van der Waals surface area contributed by atoms with E-state index in [0.29, 0.717) is 18.5 Å². The number of hydrogen-bond acceptors (Lipinski definition) is 6. The van der Waals surface area contributed by atoms with Crippen molar-refractivity contribution in [2.45, 2.75) is 57.4 Å². The van der Waals surface area contributed by atoms with Crippen molar-refractivity contribution in [3.05, 3.63) is 18.0 Å². The van der Waals surface area contributed by atoms with E-state index in [1.165, 1.54) is 25.7 Å². The Balaban J connectivity index is 1.15.